The molecule has 9 heteroatoms. The molecule has 1 aromatic rings. The highest BCUT2D eigenvalue weighted by atomic mass is 35.5. The van der Waals surface area contributed by atoms with Gasteiger partial charge in [-0.15, -0.1) is 0 Å². The van der Waals surface area contributed by atoms with Crippen LogP contribution in [0.4, 0.5) is 14.5 Å². The number of alkyl halides is 2. The Balaban J connectivity index is 2.16. The summed E-state index contributed by atoms with van der Waals surface area (Å²) in [4.78, 5) is 10.9. The summed E-state index contributed by atoms with van der Waals surface area (Å²) in [5.74, 6) is -3.19. The molecule has 1 atom stereocenters. The topological polar surface area (TPSA) is 75.3 Å². The summed E-state index contributed by atoms with van der Waals surface area (Å²) in [5, 5.41) is 2.51. The van der Waals surface area contributed by atoms with Crippen molar-refractivity contribution in [3.63, 3.8) is 0 Å². The van der Waals surface area contributed by atoms with Gasteiger partial charge in [0.05, 0.1) is 15.6 Å². The molecule has 2 rings (SSSR count). The molecule has 0 bridgehead atoms. The van der Waals surface area contributed by atoms with E-state index in [9.17, 15) is 22.0 Å². The van der Waals surface area contributed by atoms with Gasteiger partial charge < -0.3 is 5.32 Å². The van der Waals surface area contributed by atoms with Crippen molar-refractivity contribution < 1.29 is 22.0 Å². The van der Waals surface area contributed by atoms with Gasteiger partial charge in [-0.1, -0.05) is 11.6 Å². The van der Waals surface area contributed by atoms with E-state index in [1.165, 1.54) is 25.1 Å². The zero-order chi connectivity index (χ0) is 17.3. The molecule has 2 N–H and O–H groups in total. The molecule has 0 saturated heterocycles. The first-order valence-corrected chi connectivity index (χ1v) is 8.92. The number of anilines is 1. The third-order valence-electron chi connectivity index (χ3n) is 3.52. The van der Waals surface area contributed by atoms with E-state index in [4.69, 9.17) is 11.6 Å². The Bertz CT molecular complexity index is 710. The molecule has 0 heterocycles. The highest BCUT2D eigenvalue weighted by molar-refractivity contribution is 7.89. The van der Waals surface area contributed by atoms with Gasteiger partial charge in [0.1, 0.15) is 0 Å². The van der Waals surface area contributed by atoms with Crippen molar-refractivity contribution in [1.29, 1.82) is 0 Å². The third-order valence-corrected chi connectivity index (χ3v) is 5.35. The predicted molar refractivity (Wildman–Crippen MR) is 83.3 cm³/mol. The summed E-state index contributed by atoms with van der Waals surface area (Å²) in [7, 11) is -3.96. The Morgan fingerprint density at radius 2 is 2.09 bits per heavy atom. The van der Waals surface area contributed by atoms with Gasteiger partial charge in [-0.05, 0) is 31.0 Å². The van der Waals surface area contributed by atoms with Crippen LogP contribution in [0.1, 0.15) is 32.6 Å². The molecule has 128 valence electrons. The smallest absolute Gasteiger partial charge is 0.249 e. The van der Waals surface area contributed by atoms with Gasteiger partial charge in [-0.25, -0.2) is 21.9 Å². The fourth-order valence-electron chi connectivity index (χ4n) is 2.51. The molecule has 0 aliphatic heterocycles. The second kappa shape index (κ2) is 6.70. The minimum absolute atomic E-state index is 0.0528. The lowest BCUT2D eigenvalue weighted by Gasteiger charge is -2.29. The lowest BCUT2D eigenvalue weighted by Crippen LogP contribution is -2.42. The lowest BCUT2D eigenvalue weighted by atomic mass is 9.93. The van der Waals surface area contributed by atoms with Crippen LogP contribution in [-0.4, -0.2) is 26.3 Å². The molecule has 1 aromatic carbocycles. The number of nitrogens with one attached hydrogen (secondary N) is 2. The SMILES string of the molecule is CC(=O)Nc1ccc(S(=O)(=O)NC2CCCC(F)(F)C2)cc1Cl. The minimum atomic E-state index is -3.96. The Labute approximate surface area is 138 Å². The number of amides is 1. The third kappa shape index (κ3) is 4.86. The second-order valence-corrected chi connectivity index (χ2v) is 7.71. The first kappa shape index (κ1) is 18.1. The Morgan fingerprint density at radius 3 is 2.65 bits per heavy atom. The quantitative estimate of drug-likeness (QED) is 0.859. The maximum absolute atomic E-state index is 13.4. The van der Waals surface area contributed by atoms with E-state index in [2.05, 4.69) is 10.0 Å². The van der Waals surface area contributed by atoms with Crippen LogP contribution in [0.5, 0.6) is 0 Å². The van der Waals surface area contributed by atoms with E-state index in [1.54, 1.807) is 0 Å². The Morgan fingerprint density at radius 1 is 1.39 bits per heavy atom. The maximum atomic E-state index is 13.4. The van der Waals surface area contributed by atoms with E-state index in [0.717, 1.165) is 0 Å². The minimum Gasteiger partial charge on any atom is -0.325 e. The van der Waals surface area contributed by atoms with Gasteiger partial charge in [0.15, 0.2) is 0 Å². The Kier molecular flexibility index (Phi) is 5.27. The molecule has 0 aromatic heterocycles. The van der Waals surface area contributed by atoms with E-state index in [0.29, 0.717) is 6.42 Å². The maximum Gasteiger partial charge on any atom is 0.249 e. The first-order chi connectivity index (χ1) is 10.6. The van der Waals surface area contributed by atoms with Gasteiger partial charge in [0.2, 0.25) is 21.9 Å². The van der Waals surface area contributed by atoms with Crippen molar-refractivity contribution in [3.8, 4) is 0 Å². The normalized spacial score (nSPS) is 21.0. The summed E-state index contributed by atoms with van der Waals surface area (Å²) >= 11 is 5.94. The van der Waals surface area contributed by atoms with Crippen LogP contribution in [0.3, 0.4) is 0 Å². The van der Waals surface area contributed by atoms with Crippen molar-refractivity contribution >= 4 is 33.2 Å². The van der Waals surface area contributed by atoms with Crippen LogP contribution < -0.4 is 10.0 Å². The van der Waals surface area contributed by atoms with Crippen LogP contribution in [0, 0.1) is 0 Å². The first-order valence-electron chi connectivity index (χ1n) is 7.06. The summed E-state index contributed by atoms with van der Waals surface area (Å²) < 4.78 is 53.6. The van der Waals surface area contributed by atoms with Gasteiger partial charge in [-0.2, -0.15) is 0 Å². The average molecular weight is 367 g/mol. The molecule has 1 aliphatic carbocycles. The van der Waals surface area contributed by atoms with E-state index < -0.39 is 28.4 Å². The van der Waals surface area contributed by atoms with Crippen molar-refractivity contribution in [1.82, 2.24) is 4.72 Å². The van der Waals surface area contributed by atoms with Gasteiger partial charge in [0, 0.05) is 25.8 Å². The molecule has 5 nitrogen and oxygen atoms in total. The van der Waals surface area contributed by atoms with Gasteiger partial charge >= 0.3 is 0 Å². The van der Waals surface area contributed by atoms with Crippen LogP contribution in [0.2, 0.25) is 5.02 Å². The van der Waals surface area contributed by atoms with Crippen molar-refractivity contribution in [2.45, 2.75) is 49.5 Å². The zero-order valence-electron chi connectivity index (χ0n) is 12.4. The van der Waals surface area contributed by atoms with Crippen LogP contribution in [0.15, 0.2) is 23.1 Å². The average Bonchev–Trinajstić information content (AvgIpc) is 2.38. The lowest BCUT2D eigenvalue weighted by molar-refractivity contribution is -0.114. The largest absolute Gasteiger partial charge is 0.325 e. The molecule has 1 saturated carbocycles. The number of halogens is 3. The number of hydrogen-bond acceptors (Lipinski definition) is 3. The molecule has 23 heavy (non-hydrogen) atoms. The molecule has 1 unspecified atom stereocenters. The predicted octanol–water partition coefficient (Wildman–Crippen LogP) is 3.15. The number of sulfonamides is 1. The van der Waals surface area contributed by atoms with E-state index >= 15 is 0 Å². The zero-order valence-corrected chi connectivity index (χ0v) is 14.0. The van der Waals surface area contributed by atoms with Crippen molar-refractivity contribution in [2.75, 3.05) is 5.32 Å². The summed E-state index contributed by atoms with van der Waals surface area (Å²) in [6.07, 6.45) is -0.0959. The number of rotatable bonds is 4. The Hall–Kier alpha value is -1.25. The van der Waals surface area contributed by atoms with E-state index in [1.807, 2.05) is 0 Å². The molecule has 1 amide bonds. The molecule has 0 radical (unpaired) electrons. The van der Waals surface area contributed by atoms with Gasteiger partial charge in [0.25, 0.3) is 0 Å². The van der Waals surface area contributed by atoms with Crippen LogP contribution in [-0.2, 0) is 14.8 Å². The summed E-state index contributed by atoms with van der Waals surface area (Å²) in [5.41, 5.74) is 0.280. The summed E-state index contributed by atoms with van der Waals surface area (Å²) in [6.45, 7) is 1.30. The fraction of sp³-hybridized carbons (Fsp3) is 0.500. The fourth-order valence-corrected chi connectivity index (χ4v) is 4.10. The summed E-state index contributed by atoms with van der Waals surface area (Å²) in [6, 6.07) is 2.99. The number of hydrogen-bond donors (Lipinski definition) is 2. The van der Waals surface area contributed by atoms with Gasteiger partial charge in [-0.3, -0.25) is 4.79 Å². The monoisotopic (exact) mass is 366 g/mol. The standard InChI is InChI=1S/C14H17ClF2N2O3S/c1-9(20)18-13-5-4-11(7-12(13)15)23(21,22)19-10-3-2-6-14(16,17)8-10/h4-5,7,10,19H,2-3,6,8H2,1H3,(H,18,20). The molecular weight excluding hydrogens is 350 g/mol. The second-order valence-electron chi connectivity index (χ2n) is 5.59. The molecule has 1 aliphatic rings. The number of benzene rings is 1. The number of carbonyl (C=O) groups excluding carboxylic acids is 1. The molecule has 0 spiro atoms. The van der Waals surface area contributed by atoms with E-state index in [-0.39, 0.29) is 34.4 Å². The molecule has 1 fully saturated rings. The molecular formula is C14H17ClF2N2O3S. The highest BCUT2D eigenvalue weighted by Gasteiger charge is 2.37. The van der Waals surface area contributed by atoms with Crippen LogP contribution >= 0.6 is 11.6 Å². The highest BCUT2D eigenvalue weighted by Crippen LogP contribution is 2.34. The number of carbonyl (C=O) groups is 1. The van der Waals surface area contributed by atoms with Crippen LogP contribution in [0.25, 0.3) is 0 Å². The van der Waals surface area contributed by atoms with Crippen molar-refractivity contribution in [2.24, 2.45) is 0 Å². The van der Waals surface area contributed by atoms with Crippen molar-refractivity contribution in [3.05, 3.63) is 23.2 Å².